The van der Waals surface area contributed by atoms with Gasteiger partial charge in [0, 0.05) is 28.6 Å². The third kappa shape index (κ3) is 4.71. The molecule has 7 nitrogen and oxygen atoms in total. The molecule has 3 aromatic carbocycles. The molecule has 7 heteroatoms. The Kier molecular flexibility index (Phi) is 6.05. The van der Waals surface area contributed by atoms with Gasteiger partial charge in [0.2, 0.25) is 0 Å². The largest absolute Gasteiger partial charge is 0.332 e. The SMILES string of the molecule is N#CC(NC(=O)c1ccc(NC(=O)c2ccccc2)cc1)c1cnn(-c2ccccc2)c1. The van der Waals surface area contributed by atoms with Crippen molar-refractivity contribution < 1.29 is 9.59 Å². The van der Waals surface area contributed by atoms with E-state index in [0.29, 0.717) is 22.4 Å². The number of para-hydroxylation sites is 1. The van der Waals surface area contributed by atoms with Crippen molar-refractivity contribution >= 4 is 17.5 Å². The standard InChI is InChI=1S/C25H19N5O2/c26-15-23(20-16-27-30(17-20)22-9-5-2-6-10-22)29-25(32)19-11-13-21(14-12-19)28-24(31)18-7-3-1-4-8-18/h1-14,16-17,23H,(H,28,31)(H,29,32). The predicted octanol–water partition coefficient (Wildman–Crippen LogP) is 4.12. The first-order chi connectivity index (χ1) is 15.6. The van der Waals surface area contributed by atoms with Crippen LogP contribution in [0.5, 0.6) is 0 Å². The van der Waals surface area contributed by atoms with E-state index >= 15 is 0 Å². The average Bonchev–Trinajstić information content (AvgIpc) is 3.34. The number of carbonyl (C=O) groups is 2. The van der Waals surface area contributed by atoms with Gasteiger partial charge in [-0.3, -0.25) is 9.59 Å². The molecule has 0 saturated heterocycles. The van der Waals surface area contributed by atoms with Crippen molar-refractivity contribution in [1.29, 1.82) is 5.26 Å². The van der Waals surface area contributed by atoms with Crippen LogP contribution in [0.4, 0.5) is 5.69 Å². The van der Waals surface area contributed by atoms with Crippen LogP contribution in [0.15, 0.2) is 97.3 Å². The van der Waals surface area contributed by atoms with Crippen LogP contribution in [0.1, 0.15) is 32.3 Å². The number of nitriles is 1. The maximum atomic E-state index is 12.6. The van der Waals surface area contributed by atoms with E-state index in [1.165, 1.54) is 0 Å². The average molecular weight is 421 g/mol. The first kappa shape index (κ1) is 20.6. The Morgan fingerprint density at radius 2 is 1.47 bits per heavy atom. The highest BCUT2D eigenvalue weighted by atomic mass is 16.2. The summed E-state index contributed by atoms with van der Waals surface area (Å²) in [5.41, 5.74) is 2.92. The van der Waals surface area contributed by atoms with Gasteiger partial charge in [-0.15, -0.1) is 0 Å². The lowest BCUT2D eigenvalue weighted by molar-refractivity contribution is 0.0944. The van der Waals surface area contributed by atoms with Crippen LogP contribution in [0, 0.1) is 11.3 Å². The summed E-state index contributed by atoms with van der Waals surface area (Å²) in [5.74, 6) is -0.632. The molecule has 2 amide bonds. The molecular weight excluding hydrogens is 402 g/mol. The van der Waals surface area contributed by atoms with Gasteiger partial charge in [-0.1, -0.05) is 36.4 Å². The quantitative estimate of drug-likeness (QED) is 0.489. The molecule has 4 rings (SSSR count). The molecule has 0 aliphatic carbocycles. The van der Waals surface area contributed by atoms with Crippen molar-refractivity contribution in [1.82, 2.24) is 15.1 Å². The highest BCUT2D eigenvalue weighted by Crippen LogP contribution is 2.16. The van der Waals surface area contributed by atoms with Crippen LogP contribution < -0.4 is 10.6 Å². The Morgan fingerprint density at radius 3 is 2.12 bits per heavy atom. The number of amides is 2. The van der Waals surface area contributed by atoms with Gasteiger partial charge in [0.25, 0.3) is 11.8 Å². The Balaban J connectivity index is 1.41. The van der Waals surface area contributed by atoms with Crippen molar-refractivity contribution in [3.8, 4) is 11.8 Å². The van der Waals surface area contributed by atoms with Crippen LogP contribution in [0.3, 0.4) is 0 Å². The molecule has 0 bridgehead atoms. The first-order valence-corrected chi connectivity index (χ1v) is 9.91. The summed E-state index contributed by atoms with van der Waals surface area (Å²) in [7, 11) is 0. The minimum atomic E-state index is -0.850. The normalized spacial score (nSPS) is 11.2. The molecule has 1 heterocycles. The van der Waals surface area contributed by atoms with Crippen LogP contribution in [0.25, 0.3) is 5.69 Å². The molecule has 0 saturated carbocycles. The maximum Gasteiger partial charge on any atom is 0.255 e. The van der Waals surface area contributed by atoms with E-state index in [-0.39, 0.29) is 5.91 Å². The van der Waals surface area contributed by atoms with Crippen LogP contribution in [0.2, 0.25) is 0 Å². The number of nitrogens with zero attached hydrogens (tertiary/aromatic N) is 3. The van der Waals surface area contributed by atoms with Gasteiger partial charge in [-0.2, -0.15) is 10.4 Å². The lowest BCUT2D eigenvalue weighted by Crippen LogP contribution is -2.27. The van der Waals surface area contributed by atoms with E-state index in [1.807, 2.05) is 36.4 Å². The third-order valence-electron chi connectivity index (χ3n) is 4.80. The molecule has 1 aromatic heterocycles. The topological polar surface area (TPSA) is 99.8 Å². The van der Waals surface area contributed by atoms with Crippen molar-refractivity contribution in [2.45, 2.75) is 6.04 Å². The molecule has 1 atom stereocenters. The van der Waals surface area contributed by atoms with E-state index < -0.39 is 11.9 Å². The molecular formula is C25H19N5O2. The molecule has 4 aromatic rings. The molecule has 0 aliphatic heterocycles. The fraction of sp³-hybridized carbons (Fsp3) is 0.0400. The number of anilines is 1. The summed E-state index contributed by atoms with van der Waals surface area (Å²) in [4.78, 5) is 24.9. The lowest BCUT2D eigenvalue weighted by atomic mass is 10.1. The van der Waals surface area contributed by atoms with Crippen LogP contribution in [-0.4, -0.2) is 21.6 Å². The van der Waals surface area contributed by atoms with Gasteiger partial charge in [0.05, 0.1) is 18.0 Å². The molecule has 1 unspecified atom stereocenters. The molecule has 2 N–H and O–H groups in total. The lowest BCUT2D eigenvalue weighted by Gasteiger charge is -2.11. The summed E-state index contributed by atoms with van der Waals surface area (Å²) in [6.45, 7) is 0. The number of nitrogens with one attached hydrogen (secondary N) is 2. The number of hydrogen-bond acceptors (Lipinski definition) is 4. The predicted molar refractivity (Wildman–Crippen MR) is 120 cm³/mol. The summed E-state index contributed by atoms with van der Waals surface area (Å²) in [5, 5.41) is 19.3. The maximum absolute atomic E-state index is 12.6. The van der Waals surface area contributed by atoms with Crippen molar-refractivity contribution in [2.24, 2.45) is 0 Å². The van der Waals surface area contributed by atoms with Gasteiger partial charge in [-0.05, 0) is 48.5 Å². The Bertz CT molecular complexity index is 1260. The number of benzene rings is 3. The van der Waals surface area contributed by atoms with Gasteiger partial charge in [0.1, 0.15) is 6.04 Å². The van der Waals surface area contributed by atoms with Gasteiger partial charge >= 0.3 is 0 Å². The van der Waals surface area contributed by atoms with Gasteiger partial charge < -0.3 is 10.6 Å². The minimum absolute atomic E-state index is 0.234. The summed E-state index contributed by atoms with van der Waals surface area (Å²) in [6.07, 6.45) is 3.27. The van der Waals surface area contributed by atoms with Crippen molar-refractivity contribution in [3.05, 3.63) is 114 Å². The summed E-state index contributed by atoms with van der Waals surface area (Å²) >= 11 is 0. The fourth-order valence-electron chi connectivity index (χ4n) is 3.11. The number of aromatic nitrogens is 2. The van der Waals surface area contributed by atoms with E-state index in [0.717, 1.165) is 5.69 Å². The van der Waals surface area contributed by atoms with E-state index in [1.54, 1.807) is 65.6 Å². The monoisotopic (exact) mass is 421 g/mol. The molecule has 32 heavy (non-hydrogen) atoms. The van der Waals surface area contributed by atoms with Crippen LogP contribution in [-0.2, 0) is 0 Å². The van der Waals surface area contributed by atoms with Gasteiger partial charge in [0.15, 0.2) is 0 Å². The fourth-order valence-corrected chi connectivity index (χ4v) is 3.11. The van der Waals surface area contributed by atoms with Gasteiger partial charge in [-0.25, -0.2) is 4.68 Å². The van der Waals surface area contributed by atoms with E-state index in [4.69, 9.17) is 0 Å². The third-order valence-corrected chi connectivity index (χ3v) is 4.80. The molecule has 0 fully saturated rings. The van der Waals surface area contributed by atoms with Crippen molar-refractivity contribution in [3.63, 3.8) is 0 Å². The van der Waals surface area contributed by atoms with E-state index in [9.17, 15) is 14.9 Å². The number of rotatable bonds is 6. The van der Waals surface area contributed by atoms with Crippen molar-refractivity contribution in [2.75, 3.05) is 5.32 Å². The number of carbonyl (C=O) groups excluding carboxylic acids is 2. The molecule has 0 spiro atoms. The van der Waals surface area contributed by atoms with Crippen LogP contribution >= 0.6 is 0 Å². The van der Waals surface area contributed by atoms with E-state index in [2.05, 4.69) is 21.8 Å². The second-order valence-electron chi connectivity index (χ2n) is 6.99. The highest BCUT2D eigenvalue weighted by molar-refractivity contribution is 6.04. The highest BCUT2D eigenvalue weighted by Gasteiger charge is 2.17. The second kappa shape index (κ2) is 9.41. The Morgan fingerprint density at radius 1 is 0.844 bits per heavy atom. The smallest absolute Gasteiger partial charge is 0.255 e. The summed E-state index contributed by atoms with van der Waals surface area (Å²) < 4.78 is 1.65. The first-order valence-electron chi connectivity index (χ1n) is 9.91. The number of hydrogen-bond donors (Lipinski definition) is 2. The summed E-state index contributed by atoms with van der Waals surface area (Å²) in [6, 6.07) is 26.1. The second-order valence-corrected chi connectivity index (χ2v) is 6.99. The molecule has 0 aliphatic rings. The minimum Gasteiger partial charge on any atom is -0.332 e. The Labute approximate surface area is 184 Å². The molecule has 156 valence electrons. The zero-order chi connectivity index (χ0) is 22.3. The zero-order valence-electron chi connectivity index (χ0n) is 17.0. The Hall–Kier alpha value is -4.70. The molecule has 0 radical (unpaired) electrons. The zero-order valence-corrected chi connectivity index (χ0v) is 17.0.